The Kier molecular flexibility index (Phi) is 4.42. The summed E-state index contributed by atoms with van der Waals surface area (Å²) < 4.78 is 16.8. The molecule has 0 aromatic heterocycles. The molecule has 0 radical (unpaired) electrons. The minimum atomic E-state index is -0.106. The van der Waals surface area contributed by atoms with Crippen molar-refractivity contribution in [1.29, 1.82) is 0 Å². The summed E-state index contributed by atoms with van der Waals surface area (Å²) in [5.41, 5.74) is -0.106. The van der Waals surface area contributed by atoms with Gasteiger partial charge in [0, 0.05) is 32.7 Å². The molecule has 2 heterocycles. The van der Waals surface area contributed by atoms with Crippen LogP contribution in [-0.4, -0.2) is 50.7 Å². The normalized spacial score (nSPS) is 42.9. The highest BCUT2D eigenvalue weighted by molar-refractivity contribution is 4.89. The van der Waals surface area contributed by atoms with Crippen molar-refractivity contribution in [2.75, 3.05) is 26.9 Å². The second-order valence-corrected chi connectivity index (χ2v) is 5.50. The van der Waals surface area contributed by atoms with Crippen LogP contribution in [0.3, 0.4) is 0 Å². The highest BCUT2D eigenvalue weighted by Gasteiger charge is 2.36. The molecule has 2 aliphatic rings. The summed E-state index contributed by atoms with van der Waals surface area (Å²) in [7, 11) is 1.78. The molecule has 0 aromatic rings. The van der Waals surface area contributed by atoms with Crippen LogP contribution in [0.15, 0.2) is 0 Å². The van der Waals surface area contributed by atoms with Gasteiger partial charge < -0.3 is 19.5 Å². The van der Waals surface area contributed by atoms with Crippen LogP contribution in [0, 0.1) is 0 Å². The molecule has 0 bridgehead atoms. The van der Waals surface area contributed by atoms with Crippen LogP contribution in [-0.2, 0) is 14.2 Å². The van der Waals surface area contributed by atoms with Gasteiger partial charge >= 0.3 is 0 Å². The number of ether oxygens (including phenoxy) is 3. The third-order valence-electron chi connectivity index (χ3n) is 3.91. The standard InChI is InChI=1S/C13H25NO3/c1-10-6-12(7-11(2)17-10)14-8-13(15-3)4-5-16-9-13/h10-12,14H,4-9H2,1-3H3. The monoisotopic (exact) mass is 243 g/mol. The minimum Gasteiger partial charge on any atom is -0.378 e. The smallest absolute Gasteiger partial charge is 0.106 e. The highest BCUT2D eigenvalue weighted by atomic mass is 16.5. The van der Waals surface area contributed by atoms with E-state index in [0.29, 0.717) is 24.9 Å². The van der Waals surface area contributed by atoms with Gasteiger partial charge in [-0.1, -0.05) is 0 Å². The van der Waals surface area contributed by atoms with Crippen LogP contribution < -0.4 is 5.32 Å². The molecule has 17 heavy (non-hydrogen) atoms. The summed E-state index contributed by atoms with van der Waals surface area (Å²) in [6.45, 7) is 6.71. The van der Waals surface area contributed by atoms with E-state index in [1.165, 1.54) is 0 Å². The van der Waals surface area contributed by atoms with E-state index in [9.17, 15) is 0 Å². The zero-order valence-corrected chi connectivity index (χ0v) is 11.2. The molecule has 2 fully saturated rings. The largest absolute Gasteiger partial charge is 0.378 e. The van der Waals surface area contributed by atoms with Crippen molar-refractivity contribution in [1.82, 2.24) is 5.32 Å². The molecule has 4 nitrogen and oxygen atoms in total. The lowest BCUT2D eigenvalue weighted by molar-refractivity contribution is -0.0522. The predicted molar refractivity (Wildman–Crippen MR) is 66.2 cm³/mol. The van der Waals surface area contributed by atoms with E-state index < -0.39 is 0 Å². The Morgan fingerprint density at radius 1 is 1.29 bits per heavy atom. The fourth-order valence-corrected chi connectivity index (χ4v) is 2.86. The van der Waals surface area contributed by atoms with Gasteiger partial charge in [0.1, 0.15) is 5.60 Å². The summed E-state index contributed by atoms with van der Waals surface area (Å²) in [4.78, 5) is 0. The maximum atomic E-state index is 5.74. The maximum Gasteiger partial charge on any atom is 0.106 e. The molecular formula is C13H25NO3. The van der Waals surface area contributed by atoms with E-state index in [-0.39, 0.29) is 5.60 Å². The van der Waals surface area contributed by atoms with Crippen molar-refractivity contribution in [3.05, 3.63) is 0 Å². The Balaban J connectivity index is 1.80. The number of hydrogen-bond acceptors (Lipinski definition) is 4. The number of nitrogens with one attached hydrogen (secondary N) is 1. The highest BCUT2D eigenvalue weighted by Crippen LogP contribution is 2.24. The third kappa shape index (κ3) is 3.41. The Morgan fingerprint density at radius 3 is 2.53 bits per heavy atom. The quantitative estimate of drug-likeness (QED) is 0.809. The zero-order chi connectivity index (χ0) is 12.3. The van der Waals surface area contributed by atoms with Crippen LogP contribution in [0.25, 0.3) is 0 Å². The van der Waals surface area contributed by atoms with Gasteiger partial charge in [-0.05, 0) is 26.7 Å². The molecule has 0 aliphatic carbocycles. The van der Waals surface area contributed by atoms with E-state index in [4.69, 9.17) is 14.2 Å². The number of rotatable bonds is 4. The topological polar surface area (TPSA) is 39.7 Å². The first-order chi connectivity index (χ1) is 8.13. The lowest BCUT2D eigenvalue weighted by Crippen LogP contribution is -2.49. The molecule has 2 rings (SSSR count). The lowest BCUT2D eigenvalue weighted by atomic mass is 9.97. The fraction of sp³-hybridized carbons (Fsp3) is 1.00. The Hall–Kier alpha value is -0.160. The van der Waals surface area contributed by atoms with E-state index in [2.05, 4.69) is 19.2 Å². The number of methoxy groups -OCH3 is 1. The van der Waals surface area contributed by atoms with Crippen molar-refractivity contribution < 1.29 is 14.2 Å². The van der Waals surface area contributed by atoms with Crippen molar-refractivity contribution in [2.24, 2.45) is 0 Å². The first kappa shape index (κ1) is 13.3. The van der Waals surface area contributed by atoms with Crippen molar-refractivity contribution in [3.63, 3.8) is 0 Å². The molecule has 0 spiro atoms. The molecule has 0 saturated carbocycles. The zero-order valence-electron chi connectivity index (χ0n) is 11.2. The van der Waals surface area contributed by atoms with Crippen molar-refractivity contribution >= 4 is 0 Å². The van der Waals surface area contributed by atoms with Gasteiger partial charge in [-0.3, -0.25) is 0 Å². The molecule has 2 aliphatic heterocycles. The van der Waals surface area contributed by atoms with Crippen LogP contribution in [0.4, 0.5) is 0 Å². The Bertz CT molecular complexity index is 231. The summed E-state index contributed by atoms with van der Waals surface area (Å²) in [5, 5.41) is 3.63. The Morgan fingerprint density at radius 2 is 2.00 bits per heavy atom. The minimum absolute atomic E-state index is 0.106. The molecule has 2 saturated heterocycles. The first-order valence-corrected chi connectivity index (χ1v) is 6.65. The van der Waals surface area contributed by atoms with Crippen LogP contribution in [0.1, 0.15) is 33.1 Å². The summed E-state index contributed by atoms with van der Waals surface area (Å²) in [5.74, 6) is 0. The molecule has 1 N–H and O–H groups in total. The van der Waals surface area contributed by atoms with E-state index >= 15 is 0 Å². The molecule has 4 heteroatoms. The van der Waals surface area contributed by atoms with E-state index in [1.807, 2.05) is 0 Å². The van der Waals surface area contributed by atoms with Crippen LogP contribution in [0.2, 0.25) is 0 Å². The van der Waals surface area contributed by atoms with Gasteiger partial charge in [0.15, 0.2) is 0 Å². The third-order valence-corrected chi connectivity index (χ3v) is 3.91. The van der Waals surface area contributed by atoms with Crippen molar-refractivity contribution in [3.8, 4) is 0 Å². The van der Waals surface area contributed by atoms with Crippen LogP contribution in [0.5, 0.6) is 0 Å². The Labute approximate surface area is 104 Å². The fourth-order valence-electron chi connectivity index (χ4n) is 2.86. The first-order valence-electron chi connectivity index (χ1n) is 6.65. The molecule has 0 aromatic carbocycles. The lowest BCUT2D eigenvalue weighted by Gasteiger charge is -2.35. The SMILES string of the molecule is COC1(CNC2CC(C)OC(C)C2)CCOC1. The summed E-state index contributed by atoms with van der Waals surface area (Å²) in [6, 6.07) is 0.543. The summed E-state index contributed by atoms with van der Waals surface area (Å²) in [6.07, 6.45) is 3.88. The van der Waals surface area contributed by atoms with Gasteiger partial charge in [-0.2, -0.15) is 0 Å². The van der Waals surface area contributed by atoms with Crippen molar-refractivity contribution in [2.45, 2.75) is 57.0 Å². The predicted octanol–water partition coefficient (Wildman–Crippen LogP) is 1.34. The number of hydrogen-bond donors (Lipinski definition) is 1. The van der Waals surface area contributed by atoms with Gasteiger partial charge in [-0.25, -0.2) is 0 Å². The van der Waals surface area contributed by atoms with Gasteiger partial charge in [0.25, 0.3) is 0 Å². The van der Waals surface area contributed by atoms with Gasteiger partial charge in [-0.15, -0.1) is 0 Å². The second kappa shape index (κ2) is 5.65. The van der Waals surface area contributed by atoms with Gasteiger partial charge in [0.05, 0.1) is 18.8 Å². The maximum absolute atomic E-state index is 5.74. The average Bonchev–Trinajstić information content (AvgIpc) is 2.74. The van der Waals surface area contributed by atoms with Crippen LogP contribution >= 0.6 is 0 Å². The molecule has 3 unspecified atom stereocenters. The molecule has 3 atom stereocenters. The van der Waals surface area contributed by atoms with E-state index in [1.54, 1.807) is 7.11 Å². The second-order valence-electron chi connectivity index (χ2n) is 5.50. The molecule has 0 amide bonds. The van der Waals surface area contributed by atoms with E-state index in [0.717, 1.165) is 32.4 Å². The molecular weight excluding hydrogens is 218 g/mol. The molecule has 100 valence electrons. The summed E-state index contributed by atoms with van der Waals surface area (Å²) >= 11 is 0. The average molecular weight is 243 g/mol. The van der Waals surface area contributed by atoms with Gasteiger partial charge in [0.2, 0.25) is 0 Å².